The predicted octanol–water partition coefficient (Wildman–Crippen LogP) is 3.31. The Morgan fingerprint density at radius 2 is 1.72 bits per heavy atom. The lowest BCUT2D eigenvalue weighted by atomic mass is 9.85. The topological polar surface area (TPSA) is 38.0 Å². The fourth-order valence-electron chi connectivity index (χ4n) is 4.06. The molecule has 2 rings (SSSR count). The van der Waals surface area contributed by atoms with E-state index < -0.39 is 0 Å². The van der Waals surface area contributed by atoms with Gasteiger partial charge in [0.2, 0.25) is 0 Å². The van der Waals surface area contributed by atoms with E-state index in [1.807, 2.05) is 0 Å². The van der Waals surface area contributed by atoms with E-state index in [4.69, 9.17) is 5.73 Å². The molecule has 106 valence electrons. The quantitative estimate of drug-likeness (QED) is 0.618. The van der Waals surface area contributed by atoms with Crippen LogP contribution >= 0.6 is 0 Å². The molecule has 2 fully saturated rings. The maximum Gasteiger partial charge on any atom is 0.0110 e. The lowest BCUT2D eigenvalue weighted by molar-refractivity contribution is 0.278. The Morgan fingerprint density at radius 1 is 1.00 bits per heavy atom. The molecule has 3 N–H and O–H groups in total. The van der Waals surface area contributed by atoms with Gasteiger partial charge in [-0.2, -0.15) is 0 Å². The molecule has 0 aromatic rings. The molecular weight excluding hydrogens is 220 g/mol. The molecule has 0 radical (unpaired) electrons. The SMILES string of the molecule is CCCCCCCCNCC1C2CCC(C2)C1N. The third-order valence-corrected chi connectivity index (χ3v) is 5.25. The number of unbranched alkanes of at least 4 members (excludes halogenated alkanes) is 5. The Kier molecular flexibility index (Phi) is 5.97. The van der Waals surface area contributed by atoms with E-state index in [1.54, 1.807) is 0 Å². The summed E-state index contributed by atoms with van der Waals surface area (Å²) in [6.07, 6.45) is 12.6. The highest BCUT2D eigenvalue weighted by Crippen LogP contribution is 2.47. The average Bonchev–Trinajstić information content (AvgIpc) is 2.95. The molecule has 4 unspecified atom stereocenters. The summed E-state index contributed by atoms with van der Waals surface area (Å²) < 4.78 is 0. The Labute approximate surface area is 113 Å². The van der Waals surface area contributed by atoms with E-state index in [-0.39, 0.29) is 0 Å². The largest absolute Gasteiger partial charge is 0.327 e. The zero-order valence-corrected chi connectivity index (χ0v) is 12.2. The molecule has 2 aliphatic rings. The summed E-state index contributed by atoms with van der Waals surface area (Å²) in [4.78, 5) is 0. The number of nitrogens with one attached hydrogen (secondary N) is 1. The van der Waals surface area contributed by atoms with Crippen LogP contribution in [0.3, 0.4) is 0 Å². The minimum atomic E-state index is 0.501. The average molecular weight is 252 g/mol. The number of hydrogen-bond donors (Lipinski definition) is 2. The molecular formula is C16H32N2. The monoisotopic (exact) mass is 252 g/mol. The molecule has 2 nitrogen and oxygen atoms in total. The first-order valence-corrected chi connectivity index (χ1v) is 8.29. The number of fused-ring (bicyclic) bond motifs is 2. The second-order valence-electron chi connectivity index (χ2n) is 6.55. The van der Waals surface area contributed by atoms with Crippen LogP contribution in [0.2, 0.25) is 0 Å². The van der Waals surface area contributed by atoms with Crippen LogP contribution in [-0.4, -0.2) is 19.1 Å². The van der Waals surface area contributed by atoms with Crippen LogP contribution in [-0.2, 0) is 0 Å². The maximum atomic E-state index is 6.32. The standard InChI is InChI=1S/C16H32N2/c1-2-3-4-5-6-7-10-18-12-15-13-8-9-14(11-13)16(15)17/h13-16,18H,2-12,17H2,1H3. The number of rotatable bonds is 9. The van der Waals surface area contributed by atoms with Crippen molar-refractivity contribution in [2.24, 2.45) is 23.5 Å². The second-order valence-corrected chi connectivity index (χ2v) is 6.55. The fourth-order valence-corrected chi connectivity index (χ4v) is 4.06. The lowest BCUT2D eigenvalue weighted by Crippen LogP contribution is -2.41. The molecule has 0 aromatic carbocycles. The van der Waals surface area contributed by atoms with E-state index in [0.717, 1.165) is 17.8 Å². The van der Waals surface area contributed by atoms with Crippen molar-refractivity contribution < 1.29 is 0 Å². The first-order valence-electron chi connectivity index (χ1n) is 8.29. The first kappa shape index (κ1) is 14.3. The summed E-state index contributed by atoms with van der Waals surface area (Å²) in [5, 5.41) is 3.65. The molecule has 2 saturated carbocycles. The van der Waals surface area contributed by atoms with Gasteiger partial charge in [-0.1, -0.05) is 39.0 Å². The van der Waals surface area contributed by atoms with Crippen molar-refractivity contribution in [1.82, 2.24) is 5.32 Å². The van der Waals surface area contributed by atoms with Gasteiger partial charge in [-0.05, 0) is 56.5 Å². The van der Waals surface area contributed by atoms with Crippen molar-refractivity contribution in [3.8, 4) is 0 Å². The van der Waals surface area contributed by atoms with Crippen molar-refractivity contribution in [3.63, 3.8) is 0 Å². The van der Waals surface area contributed by atoms with Gasteiger partial charge in [-0.15, -0.1) is 0 Å². The van der Waals surface area contributed by atoms with Crippen LogP contribution in [0, 0.1) is 17.8 Å². The van der Waals surface area contributed by atoms with E-state index in [1.165, 1.54) is 70.9 Å². The minimum absolute atomic E-state index is 0.501. The molecule has 0 aliphatic heterocycles. The number of hydrogen-bond acceptors (Lipinski definition) is 2. The third-order valence-electron chi connectivity index (χ3n) is 5.25. The van der Waals surface area contributed by atoms with Gasteiger partial charge in [-0.3, -0.25) is 0 Å². The Balaban J connectivity index is 1.46. The van der Waals surface area contributed by atoms with Crippen molar-refractivity contribution in [2.45, 2.75) is 70.8 Å². The zero-order chi connectivity index (χ0) is 12.8. The van der Waals surface area contributed by atoms with Gasteiger partial charge >= 0.3 is 0 Å². The van der Waals surface area contributed by atoms with Crippen molar-refractivity contribution >= 4 is 0 Å². The van der Waals surface area contributed by atoms with E-state index in [2.05, 4.69) is 12.2 Å². The van der Waals surface area contributed by atoms with Crippen LogP contribution < -0.4 is 11.1 Å². The van der Waals surface area contributed by atoms with Gasteiger partial charge in [0.1, 0.15) is 0 Å². The summed E-state index contributed by atoms with van der Waals surface area (Å²) in [6, 6.07) is 0.501. The molecule has 0 spiro atoms. The summed E-state index contributed by atoms with van der Waals surface area (Å²) in [5.41, 5.74) is 6.32. The second kappa shape index (κ2) is 7.49. The van der Waals surface area contributed by atoms with E-state index in [9.17, 15) is 0 Å². The van der Waals surface area contributed by atoms with E-state index >= 15 is 0 Å². The summed E-state index contributed by atoms with van der Waals surface area (Å²) in [7, 11) is 0. The maximum absolute atomic E-state index is 6.32. The zero-order valence-electron chi connectivity index (χ0n) is 12.2. The highest BCUT2D eigenvalue weighted by molar-refractivity contribution is 4.99. The molecule has 2 bridgehead atoms. The molecule has 0 amide bonds. The van der Waals surface area contributed by atoms with Gasteiger partial charge in [-0.25, -0.2) is 0 Å². The van der Waals surface area contributed by atoms with Crippen LogP contribution in [0.15, 0.2) is 0 Å². The Bertz CT molecular complexity index is 227. The lowest BCUT2D eigenvalue weighted by Gasteiger charge is -2.28. The Hall–Kier alpha value is -0.0800. The Morgan fingerprint density at radius 3 is 2.44 bits per heavy atom. The van der Waals surface area contributed by atoms with Gasteiger partial charge in [0.15, 0.2) is 0 Å². The predicted molar refractivity (Wildman–Crippen MR) is 78.5 cm³/mol. The summed E-state index contributed by atoms with van der Waals surface area (Å²) in [6.45, 7) is 4.66. The van der Waals surface area contributed by atoms with Gasteiger partial charge in [0.05, 0.1) is 0 Å². The smallest absolute Gasteiger partial charge is 0.0110 e. The van der Waals surface area contributed by atoms with Crippen molar-refractivity contribution in [1.29, 1.82) is 0 Å². The van der Waals surface area contributed by atoms with Crippen molar-refractivity contribution in [2.75, 3.05) is 13.1 Å². The van der Waals surface area contributed by atoms with Crippen LogP contribution in [0.4, 0.5) is 0 Å². The van der Waals surface area contributed by atoms with Crippen molar-refractivity contribution in [3.05, 3.63) is 0 Å². The highest BCUT2D eigenvalue weighted by atomic mass is 14.9. The van der Waals surface area contributed by atoms with Gasteiger partial charge in [0, 0.05) is 6.04 Å². The highest BCUT2D eigenvalue weighted by Gasteiger charge is 2.45. The molecule has 0 aromatic heterocycles. The first-order chi connectivity index (χ1) is 8.83. The summed E-state index contributed by atoms with van der Waals surface area (Å²) in [5.74, 6) is 2.58. The minimum Gasteiger partial charge on any atom is -0.327 e. The molecule has 4 atom stereocenters. The van der Waals surface area contributed by atoms with E-state index in [0.29, 0.717) is 6.04 Å². The molecule has 2 aliphatic carbocycles. The van der Waals surface area contributed by atoms with Gasteiger partial charge < -0.3 is 11.1 Å². The molecule has 0 saturated heterocycles. The third kappa shape index (κ3) is 3.71. The normalized spacial score (nSPS) is 34.3. The summed E-state index contributed by atoms with van der Waals surface area (Å²) >= 11 is 0. The van der Waals surface area contributed by atoms with Gasteiger partial charge in [0.25, 0.3) is 0 Å². The number of nitrogens with two attached hydrogens (primary N) is 1. The molecule has 2 heteroatoms. The molecule has 0 heterocycles. The van der Waals surface area contributed by atoms with Crippen LogP contribution in [0.25, 0.3) is 0 Å². The molecule has 18 heavy (non-hydrogen) atoms. The van der Waals surface area contributed by atoms with Crippen LogP contribution in [0.1, 0.15) is 64.7 Å². The van der Waals surface area contributed by atoms with Crippen LogP contribution in [0.5, 0.6) is 0 Å². The fraction of sp³-hybridized carbons (Fsp3) is 1.00.